The van der Waals surface area contributed by atoms with Crippen molar-refractivity contribution in [2.45, 2.75) is 26.0 Å². The van der Waals surface area contributed by atoms with E-state index in [1.165, 1.54) is 0 Å². The van der Waals surface area contributed by atoms with Gasteiger partial charge in [0, 0.05) is 32.2 Å². The summed E-state index contributed by atoms with van der Waals surface area (Å²) in [6.07, 6.45) is 0.852. The lowest BCUT2D eigenvalue weighted by atomic mass is 10.0. The van der Waals surface area contributed by atoms with Gasteiger partial charge >= 0.3 is 5.97 Å². The molecule has 1 aromatic rings. The monoisotopic (exact) mass is 319 g/mol. The predicted molar refractivity (Wildman–Crippen MR) is 86.3 cm³/mol. The Labute approximate surface area is 137 Å². The largest absolute Gasteiger partial charge is 0.459 e. The van der Waals surface area contributed by atoms with Gasteiger partial charge in [-0.3, -0.25) is 4.90 Å². The number of carbonyl (C=O) groups excluding carboxylic acids is 1. The third-order valence-electron chi connectivity index (χ3n) is 4.66. The SMILES string of the molecule is C[C@H](OC(=O)c1ccccc1CN1CCOCC1)[C@@H]1CCOC1. The maximum absolute atomic E-state index is 12.6. The third kappa shape index (κ3) is 4.31. The van der Waals surface area contributed by atoms with E-state index in [2.05, 4.69) is 4.90 Å². The van der Waals surface area contributed by atoms with Crippen LogP contribution in [0.1, 0.15) is 29.3 Å². The van der Waals surface area contributed by atoms with E-state index in [4.69, 9.17) is 14.2 Å². The highest BCUT2D eigenvalue weighted by Gasteiger charge is 2.26. The zero-order valence-electron chi connectivity index (χ0n) is 13.7. The summed E-state index contributed by atoms with van der Waals surface area (Å²) in [5.74, 6) is 0.0821. The third-order valence-corrected chi connectivity index (χ3v) is 4.66. The molecule has 0 amide bonds. The van der Waals surface area contributed by atoms with E-state index in [-0.39, 0.29) is 12.1 Å². The van der Waals surface area contributed by atoms with E-state index in [9.17, 15) is 4.79 Å². The second-order valence-electron chi connectivity index (χ2n) is 6.28. The minimum Gasteiger partial charge on any atom is -0.459 e. The maximum Gasteiger partial charge on any atom is 0.338 e. The van der Waals surface area contributed by atoms with Gasteiger partial charge in [0.1, 0.15) is 6.10 Å². The molecule has 3 rings (SSSR count). The highest BCUT2D eigenvalue weighted by Crippen LogP contribution is 2.21. The van der Waals surface area contributed by atoms with E-state index >= 15 is 0 Å². The molecule has 0 aromatic heterocycles. The average Bonchev–Trinajstić information content (AvgIpc) is 3.11. The molecule has 0 N–H and O–H groups in total. The molecule has 2 saturated heterocycles. The average molecular weight is 319 g/mol. The van der Waals surface area contributed by atoms with Gasteiger partial charge < -0.3 is 14.2 Å². The Balaban J connectivity index is 1.64. The van der Waals surface area contributed by atoms with E-state index in [0.717, 1.165) is 51.4 Å². The highest BCUT2D eigenvalue weighted by atomic mass is 16.5. The van der Waals surface area contributed by atoms with Crippen molar-refractivity contribution in [2.24, 2.45) is 5.92 Å². The van der Waals surface area contributed by atoms with Crippen molar-refractivity contribution in [3.8, 4) is 0 Å². The first-order valence-corrected chi connectivity index (χ1v) is 8.41. The normalized spacial score (nSPS) is 23.6. The fraction of sp³-hybridized carbons (Fsp3) is 0.611. The van der Waals surface area contributed by atoms with Crippen LogP contribution in [-0.2, 0) is 20.8 Å². The molecule has 0 saturated carbocycles. The van der Waals surface area contributed by atoms with Crippen LogP contribution >= 0.6 is 0 Å². The molecule has 0 spiro atoms. The predicted octanol–water partition coefficient (Wildman–Crippen LogP) is 2.10. The Bertz CT molecular complexity index is 522. The molecular formula is C18H25NO4. The fourth-order valence-electron chi connectivity index (χ4n) is 3.11. The van der Waals surface area contributed by atoms with Gasteiger partial charge in [-0.2, -0.15) is 0 Å². The van der Waals surface area contributed by atoms with Crippen molar-refractivity contribution in [2.75, 3.05) is 39.5 Å². The fourth-order valence-corrected chi connectivity index (χ4v) is 3.11. The molecule has 126 valence electrons. The van der Waals surface area contributed by atoms with Crippen molar-refractivity contribution in [1.29, 1.82) is 0 Å². The highest BCUT2D eigenvalue weighted by molar-refractivity contribution is 5.91. The second kappa shape index (κ2) is 7.90. The lowest BCUT2D eigenvalue weighted by Gasteiger charge is -2.27. The van der Waals surface area contributed by atoms with Crippen LogP contribution in [0.15, 0.2) is 24.3 Å². The molecule has 5 heteroatoms. The first-order valence-electron chi connectivity index (χ1n) is 8.41. The summed E-state index contributed by atoms with van der Waals surface area (Å²) in [7, 11) is 0. The van der Waals surface area contributed by atoms with Crippen LogP contribution in [0.5, 0.6) is 0 Å². The Hall–Kier alpha value is -1.43. The van der Waals surface area contributed by atoms with Crippen LogP contribution < -0.4 is 0 Å². The molecule has 2 aliphatic rings. The van der Waals surface area contributed by atoms with Crippen LogP contribution in [0, 0.1) is 5.92 Å². The van der Waals surface area contributed by atoms with Gasteiger partial charge in [-0.15, -0.1) is 0 Å². The van der Waals surface area contributed by atoms with Crippen LogP contribution in [0.2, 0.25) is 0 Å². The molecule has 0 aliphatic carbocycles. The maximum atomic E-state index is 12.6. The van der Waals surface area contributed by atoms with Crippen LogP contribution in [0.4, 0.5) is 0 Å². The van der Waals surface area contributed by atoms with Crippen molar-refractivity contribution in [3.63, 3.8) is 0 Å². The van der Waals surface area contributed by atoms with Gasteiger partial charge in [-0.05, 0) is 25.0 Å². The number of hydrogen-bond acceptors (Lipinski definition) is 5. The molecule has 5 nitrogen and oxygen atoms in total. The van der Waals surface area contributed by atoms with Crippen molar-refractivity contribution in [3.05, 3.63) is 35.4 Å². The molecule has 2 heterocycles. The van der Waals surface area contributed by atoms with E-state index in [0.29, 0.717) is 18.1 Å². The summed E-state index contributed by atoms with van der Waals surface area (Å²) in [5.41, 5.74) is 1.69. The lowest BCUT2D eigenvalue weighted by Crippen LogP contribution is -2.36. The number of esters is 1. The number of carbonyl (C=O) groups is 1. The minimum absolute atomic E-state index is 0.110. The van der Waals surface area contributed by atoms with Gasteiger partial charge in [-0.1, -0.05) is 18.2 Å². The summed E-state index contributed by atoms with van der Waals surface area (Å²) in [5, 5.41) is 0. The van der Waals surface area contributed by atoms with Gasteiger partial charge in [0.25, 0.3) is 0 Å². The van der Waals surface area contributed by atoms with Gasteiger partial charge in [0.2, 0.25) is 0 Å². The number of morpholine rings is 1. The summed E-state index contributed by atoms with van der Waals surface area (Å²) < 4.78 is 16.4. The lowest BCUT2D eigenvalue weighted by molar-refractivity contribution is 0.0173. The summed E-state index contributed by atoms with van der Waals surface area (Å²) in [6, 6.07) is 7.73. The Morgan fingerprint density at radius 2 is 2.04 bits per heavy atom. The molecule has 0 bridgehead atoms. The van der Waals surface area contributed by atoms with E-state index in [1.54, 1.807) is 0 Å². The second-order valence-corrected chi connectivity index (χ2v) is 6.28. The Kier molecular flexibility index (Phi) is 5.65. The van der Waals surface area contributed by atoms with Crippen LogP contribution in [-0.4, -0.2) is 56.5 Å². The summed E-state index contributed by atoms with van der Waals surface area (Å²) in [4.78, 5) is 14.9. The van der Waals surface area contributed by atoms with E-state index < -0.39 is 0 Å². The molecule has 2 aliphatic heterocycles. The van der Waals surface area contributed by atoms with Crippen molar-refractivity contribution in [1.82, 2.24) is 4.90 Å². The van der Waals surface area contributed by atoms with Gasteiger partial charge in [0.15, 0.2) is 0 Å². The number of rotatable bonds is 5. The smallest absolute Gasteiger partial charge is 0.338 e. The van der Waals surface area contributed by atoms with Crippen LogP contribution in [0.3, 0.4) is 0 Å². The molecule has 0 unspecified atom stereocenters. The molecule has 1 aromatic carbocycles. The van der Waals surface area contributed by atoms with E-state index in [1.807, 2.05) is 31.2 Å². The topological polar surface area (TPSA) is 48.0 Å². The number of benzene rings is 1. The van der Waals surface area contributed by atoms with Crippen LogP contribution in [0.25, 0.3) is 0 Å². The molecule has 0 radical (unpaired) electrons. The molecular weight excluding hydrogens is 294 g/mol. The van der Waals surface area contributed by atoms with Gasteiger partial charge in [-0.25, -0.2) is 4.79 Å². The molecule has 2 fully saturated rings. The van der Waals surface area contributed by atoms with Crippen molar-refractivity contribution < 1.29 is 19.0 Å². The van der Waals surface area contributed by atoms with Crippen molar-refractivity contribution >= 4 is 5.97 Å². The summed E-state index contributed by atoms with van der Waals surface area (Å²) in [6.45, 7) is 7.48. The number of nitrogens with zero attached hydrogens (tertiary/aromatic N) is 1. The quantitative estimate of drug-likeness (QED) is 0.778. The summed E-state index contributed by atoms with van der Waals surface area (Å²) >= 11 is 0. The Morgan fingerprint density at radius 1 is 1.26 bits per heavy atom. The minimum atomic E-state index is -0.228. The Morgan fingerprint density at radius 3 is 2.78 bits per heavy atom. The zero-order chi connectivity index (χ0) is 16.1. The number of ether oxygens (including phenoxy) is 3. The molecule has 2 atom stereocenters. The zero-order valence-corrected chi connectivity index (χ0v) is 13.7. The number of hydrogen-bond donors (Lipinski definition) is 0. The first kappa shape index (κ1) is 16.4. The standard InChI is InChI=1S/C18H25NO4/c1-14(16-6-9-22-13-16)23-18(20)17-5-3-2-4-15(17)12-19-7-10-21-11-8-19/h2-5,14,16H,6-13H2,1H3/t14-,16+/m0/s1. The first-order chi connectivity index (χ1) is 11.2. The van der Waals surface area contributed by atoms with Gasteiger partial charge in [0.05, 0.1) is 25.4 Å². The molecule has 23 heavy (non-hydrogen) atoms.